The second kappa shape index (κ2) is 4.87. The molecule has 0 aliphatic carbocycles. The summed E-state index contributed by atoms with van der Waals surface area (Å²) in [7, 11) is 0. The third kappa shape index (κ3) is 2.07. The van der Waals surface area contributed by atoms with Crippen LogP contribution in [0.4, 0.5) is 4.79 Å². The molecule has 6 heteroatoms. The van der Waals surface area contributed by atoms with E-state index in [1.165, 1.54) is 6.92 Å². The van der Waals surface area contributed by atoms with Gasteiger partial charge in [0.2, 0.25) is 0 Å². The third-order valence-corrected chi connectivity index (χ3v) is 3.94. The molecule has 3 rings (SSSR count). The van der Waals surface area contributed by atoms with Gasteiger partial charge in [0.25, 0.3) is 5.91 Å². The molecule has 0 aromatic heterocycles. The number of rotatable bonds is 3. The van der Waals surface area contributed by atoms with Gasteiger partial charge in [-0.1, -0.05) is 18.2 Å². The van der Waals surface area contributed by atoms with E-state index >= 15 is 0 Å². The number of Topliss-reactive ketones (excluding diaryl/α,β-unsaturated/α-hetero) is 1. The number of imide groups is 1. The van der Waals surface area contributed by atoms with Gasteiger partial charge in [-0.25, -0.2) is 4.79 Å². The topological polar surface area (TPSA) is 75.7 Å². The molecular formula is C15H16N2O4. The Bertz CT molecular complexity index is 628. The van der Waals surface area contributed by atoms with Gasteiger partial charge in [0.1, 0.15) is 11.5 Å². The number of nitrogens with one attached hydrogen (secondary N) is 1. The third-order valence-electron chi connectivity index (χ3n) is 3.94. The number of benzene rings is 1. The number of amides is 3. The number of carbonyl (C=O) groups is 3. The second-order valence-corrected chi connectivity index (χ2v) is 5.34. The van der Waals surface area contributed by atoms with Crippen molar-refractivity contribution in [3.63, 3.8) is 0 Å². The molecule has 2 heterocycles. The molecule has 1 N–H and O–H groups in total. The lowest BCUT2D eigenvalue weighted by Gasteiger charge is -2.33. The molecule has 1 fully saturated rings. The van der Waals surface area contributed by atoms with Crippen molar-refractivity contribution < 1.29 is 19.1 Å². The first kappa shape index (κ1) is 13.6. The van der Waals surface area contributed by atoms with Crippen LogP contribution < -0.4 is 10.1 Å². The molecule has 1 aromatic carbocycles. The Balaban J connectivity index is 1.95. The molecule has 1 spiro atoms. The lowest BCUT2D eigenvalue weighted by Crippen LogP contribution is -2.47. The van der Waals surface area contributed by atoms with E-state index < -0.39 is 11.6 Å². The zero-order valence-corrected chi connectivity index (χ0v) is 11.7. The summed E-state index contributed by atoms with van der Waals surface area (Å²) in [6.45, 7) is 1.92. The molecule has 3 amide bonds. The Hall–Kier alpha value is -2.37. The standard InChI is InChI=1S/C15H16N2O4/c1-10(18)6-8-17-13(19)15(16-14(17)20)7-9-21-12-5-3-2-4-11(12)15/h2-5H,6-9H2,1H3,(H,16,20)/t15-/m1/s1. The monoisotopic (exact) mass is 288 g/mol. The van der Waals surface area contributed by atoms with Crippen LogP contribution in [-0.2, 0) is 15.1 Å². The zero-order valence-electron chi connectivity index (χ0n) is 11.7. The van der Waals surface area contributed by atoms with E-state index in [1.54, 1.807) is 12.1 Å². The second-order valence-electron chi connectivity index (χ2n) is 5.34. The van der Waals surface area contributed by atoms with E-state index in [0.717, 1.165) is 4.90 Å². The van der Waals surface area contributed by atoms with Gasteiger partial charge in [0, 0.05) is 24.9 Å². The van der Waals surface area contributed by atoms with Gasteiger partial charge in [-0.15, -0.1) is 0 Å². The number of urea groups is 1. The van der Waals surface area contributed by atoms with Gasteiger partial charge in [-0.05, 0) is 13.0 Å². The Labute approximate surface area is 122 Å². The van der Waals surface area contributed by atoms with Crippen LogP contribution in [0.1, 0.15) is 25.3 Å². The van der Waals surface area contributed by atoms with Gasteiger partial charge >= 0.3 is 6.03 Å². The van der Waals surface area contributed by atoms with Crippen molar-refractivity contribution in [1.29, 1.82) is 0 Å². The summed E-state index contributed by atoms with van der Waals surface area (Å²) in [6.07, 6.45) is 0.568. The lowest BCUT2D eigenvalue weighted by molar-refractivity contribution is -0.132. The summed E-state index contributed by atoms with van der Waals surface area (Å²) in [6, 6.07) is 6.77. The molecule has 2 aliphatic heterocycles. The van der Waals surface area contributed by atoms with Gasteiger partial charge in [-0.2, -0.15) is 0 Å². The van der Waals surface area contributed by atoms with Crippen LogP contribution in [0.2, 0.25) is 0 Å². The highest BCUT2D eigenvalue weighted by molar-refractivity contribution is 6.08. The number of fused-ring (bicyclic) bond motifs is 2. The Morgan fingerprint density at radius 3 is 2.90 bits per heavy atom. The molecule has 0 saturated carbocycles. The molecule has 6 nitrogen and oxygen atoms in total. The summed E-state index contributed by atoms with van der Waals surface area (Å²) in [5.74, 6) is 0.263. The highest BCUT2D eigenvalue weighted by atomic mass is 16.5. The van der Waals surface area contributed by atoms with E-state index in [2.05, 4.69) is 5.32 Å². The lowest BCUT2D eigenvalue weighted by atomic mass is 9.84. The zero-order chi connectivity index (χ0) is 15.0. The first-order valence-electron chi connectivity index (χ1n) is 6.90. The number of ketones is 1. The molecule has 1 aromatic rings. The van der Waals surface area contributed by atoms with Crippen LogP contribution >= 0.6 is 0 Å². The maximum Gasteiger partial charge on any atom is 0.325 e. The van der Waals surface area contributed by atoms with E-state index in [9.17, 15) is 14.4 Å². The minimum atomic E-state index is -1.05. The summed E-state index contributed by atoms with van der Waals surface area (Å²) >= 11 is 0. The van der Waals surface area contributed by atoms with Crippen molar-refractivity contribution in [3.05, 3.63) is 29.8 Å². The van der Waals surface area contributed by atoms with E-state index in [4.69, 9.17) is 4.74 Å². The van der Waals surface area contributed by atoms with Crippen molar-refractivity contribution >= 4 is 17.7 Å². The molecule has 2 aliphatic rings. The minimum absolute atomic E-state index is 0.0519. The predicted molar refractivity (Wildman–Crippen MR) is 73.8 cm³/mol. The highest BCUT2D eigenvalue weighted by Crippen LogP contribution is 2.40. The van der Waals surface area contributed by atoms with Crippen molar-refractivity contribution in [2.75, 3.05) is 13.2 Å². The maximum atomic E-state index is 12.7. The van der Waals surface area contributed by atoms with Gasteiger partial charge in [-0.3, -0.25) is 14.5 Å². The summed E-state index contributed by atoms with van der Waals surface area (Å²) in [4.78, 5) is 37.1. The first-order chi connectivity index (χ1) is 10.0. The molecule has 0 bridgehead atoms. The first-order valence-corrected chi connectivity index (χ1v) is 6.90. The normalized spacial score (nSPS) is 23.8. The average Bonchev–Trinajstić information content (AvgIpc) is 2.69. The number of hydrogen-bond donors (Lipinski definition) is 1. The van der Waals surface area contributed by atoms with Crippen LogP contribution in [0.5, 0.6) is 5.75 Å². The molecule has 110 valence electrons. The van der Waals surface area contributed by atoms with Crippen LogP contribution in [0, 0.1) is 0 Å². The quantitative estimate of drug-likeness (QED) is 0.848. The van der Waals surface area contributed by atoms with E-state index in [1.807, 2.05) is 12.1 Å². The molecule has 0 radical (unpaired) electrons. The maximum absolute atomic E-state index is 12.7. The number of nitrogens with zero attached hydrogens (tertiary/aromatic N) is 1. The van der Waals surface area contributed by atoms with Crippen molar-refractivity contribution in [2.24, 2.45) is 0 Å². The summed E-state index contributed by atoms with van der Waals surface area (Å²) in [5, 5.41) is 2.80. The molecule has 0 unspecified atom stereocenters. The van der Waals surface area contributed by atoms with E-state index in [0.29, 0.717) is 24.3 Å². The minimum Gasteiger partial charge on any atom is -0.493 e. The van der Waals surface area contributed by atoms with E-state index in [-0.39, 0.29) is 24.7 Å². The molecule has 1 atom stereocenters. The molecule has 1 saturated heterocycles. The van der Waals surface area contributed by atoms with Crippen molar-refractivity contribution in [2.45, 2.75) is 25.3 Å². The fourth-order valence-corrected chi connectivity index (χ4v) is 2.84. The number of para-hydroxylation sites is 1. The number of carbonyl (C=O) groups excluding carboxylic acids is 3. The van der Waals surface area contributed by atoms with Crippen molar-refractivity contribution in [3.8, 4) is 5.75 Å². The molecule has 21 heavy (non-hydrogen) atoms. The molecular weight excluding hydrogens is 272 g/mol. The summed E-state index contributed by atoms with van der Waals surface area (Å²) in [5.41, 5.74) is -0.372. The fraction of sp³-hybridized carbons (Fsp3) is 0.400. The largest absolute Gasteiger partial charge is 0.493 e. The fourth-order valence-electron chi connectivity index (χ4n) is 2.84. The van der Waals surface area contributed by atoms with Gasteiger partial charge < -0.3 is 10.1 Å². The Kier molecular flexibility index (Phi) is 3.16. The van der Waals surface area contributed by atoms with Crippen LogP contribution in [0.25, 0.3) is 0 Å². The Morgan fingerprint density at radius 2 is 2.14 bits per heavy atom. The number of hydrogen-bond acceptors (Lipinski definition) is 4. The smallest absolute Gasteiger partial charge is 0.325 e. The van der Waals surface area contributed by atoms with Crippen LogP contribution in [-0.4, -0.2) is 35.8 Å². The van der Waals surface area contributed by atoms with Gasteiger partial charge in [0.15, 0.2) is 5.54 Å². The summed E-state index contributed by atoms with van der Waals surface area (Å²) < 4.78 is 5.55. The predicted octanol–water partition coefficient (Wildman–Crippen LogP) is 1.20. The van der Waals surface area contributed by atoms with Crippen molar-refractivity contribution in [1.82, 2.24) is 10.2 Å². The van der Waals surface area contributed by atoms with Crippen LogP contribution in [0.15, 0.2) is 24.3 Å². The highest BCUT2D eigenvalue weighted by Gasteiger charge is 2.54. The average molecular weight is 288 g/mol. The number of ether oxygens (including phenoxy) is 1. The Morgan fingerprint density at radius 1 is 1.38 bits per heavy atom. The van der Waals surface area contributed by atoms with Crippen LogP contribution in [0.3, 0.4) is 0 Å². The van der Waals surface area contributed by atoms with Gasteiger partial charge in [0.05, 0.1) is 6.61 Å². The SMILES string of the molecule is CC(=O)CCN1C(=O)N[C@@]2(CCOc3ccccc32)C1=O.